The van der Waals surface area contributed by atoms with Gasteiger partial charge in [-0.2, -0.15) is 13.2 Å². The topological polar surface area (TPSA) is 72.5 Å². The number of hydrogen-bond donors (Lipinski definition) is 1. The summed E-state index contributed by atoms with van der Waals surface area (Å²) in [5.74, 6) is -0.406. The fraction of sp³-hybridized carbons (Fsp3) is 0.316. The predicted octanol–water partition coefficient (Wildman–Crippen LogP) is 3.24. The van der Waals surface area contributed by atoms with Crippen LogP contribution in [0.4, 0.5) is 13.2 Å². The maximum absolute atomic E-state index is 12.2. The zero-order chi connectivity index (χ0) is 20.8. The Morgan fingerprint density at radius 2 is 1.50 bits per heavy atom. The van der Waals surface area contributed by atoms with E-state index in [1.165, 1.54) is 0 Å². The van der Waals surface area contributed by atoms with Gasteiger partial charge in [0.05, 0.1) is 12.4 Å². The molecule has 0 spiro atoms. The van der Waals surface area contributed by atoms with Gasteiger partial charge < -0.3 is 10.1 Å². The fourth-order valence-corrected chi connectivity index (χ4v) is 3.18. The van der Waals surface area contributed by atoms with Crippen molar-refractivity contribution in [2.75, 3.05) is 12.9 Å². The quantitative estimate of drug-likeness (QED) is 0.719. The Balaban J connectivity index is 1.83. The van der Waals surface area contributed by atoms with E-state index in [1.54, 1.807) is 48.5 Å². The van der Waals surface area contributed by atoms with E-state index in [1.807, 2.05) is 0 Å². The molecule has 2 aromatic carbocycles. The minimum atomic E-state index is -4.35. The standard InChI is InChI=1S/C19H20F3NO4S/c1-28(25,26)12-16-6-8-17(9-7-16)18(24)23-10-14-2-4-15(5-3-14)11-27-13-19(20,21)22/h2-9H,10-13H2,1H3,(H,23,24). The van der Waals surface area contributed by atoms with Crippen LogP contribution in [0.2, 0.25) is 0 Å². The van der Waals surface area contributed by atoms with Gasteiger partial charge in [0.2, 0.25) is 0 Å². The summed E-state index contributed by atoms with van der Waals surface area (Å²) in [5, 5.41) is 2.73. The number of nitrogens with one attached hydrogen (secondary N) is 1. The fourth-order valence-electron chi connectivity index (χ4n) is 2.38. The molecule has 0 aliphatic carbocycles. The second kappa shape index (κ2) is 9.20. The molecule has 1 amide bonds. The largest absolute Gasteiger partial charge is 0.411 e. The van der Waals surface area contributed by atoms with Crippen molar-refractivity contribution >= 4 is 15.7 Å². The van der Waals surface area contributed by atoms with E-state index in [-0.39, 0.29) is 24.8 Å². The van der Waals surface area contributed by atoms with E-state index in [0.29, 0.717) is 16.7 Å². The average Bonchev–Trinajstić information content (AvgIpc) is 2.59. The van der Waals surface area contributed by atoms with Gasteiger partial charge in [0.15, 0.2) is 9.84 Å². The van der Waals surface area contributed by atoms with Gasteiger partial charge in [-0.1, -0.05) is 36.4 Å². The van der Waals surface area contributed by atoms with E-state index in [2.05, 4.69) is 10.1 Å². The zero-order valence-electron chi connectivity index (χ0n) is 15.1. The van der Waals surface area contributed by atoms with Crippen LogP contribution in [-0.2, 0) is 33.5 Å². The number of alkyl halides is 3. The van der Waals surface area contributed by atoms with Gasteiger partial charge in [-0.15, -0.1) is 0 Å². The van der Waals surface area contributed by atoms with Gasteiger partial charge in [-0.05, 0) is 28.8 Å². The molecular weight excluding hydrogens is 395 g/mol. The summed E-state index contributed by atoms with van der Waals surface area (Å²) in [7, 11) is -3.14. The molecule has 28 heavy (non-hydrogen) atoms. The van der Waals surface area contributed by atoms with E-state index < -0.39 is 22.6 Å². The van der Waals surface area contributed by atoms with Crippen LogP contribution in [0.15, 0.2) is 48.5 Å². The van der Waals surface area contributed by atoms with Crippen molar-refractivity contribution in [1.29, 1.82) is 0 Å². The number of hydrogen-bond acceptors (Lipinski definition) is 4. The van der Waals surface area contributed by atoms with Crippen molar-refractivity contribution < 1.29 is 31.1 Å². The third-order valence-electron chi connectivity index (χ3n) is 3.66. The Morgan fingerprint density at radius 1 is 0.964 bits per heavy atom. The van der Waals surface area contributed by atoms with Crippen molar-refractivity contribution in [3.8, 4) is 0 Å². The van der Waals surface area contributed by atoms with Crippen LogP contribution in [0.3, 0.4) is 0 Å². The first-order chi connectivity index (χ1) is 13.0. The minimum absolute atomic E-state index is 0.0894. The van der Waals surface area contributed by atoms with Gasteiger partial charge in [0.1, 0.15) is 6.61 Å². The first kappa shape index (κ1) is 21.9. The molecule has 9 heteroatoms. The molecule has 0 bridgehead atoms. The molecule has 0 heterocycles. The number of amides is 1. The summed E-state index contributed by atoms with van der Waals surface area (Å²) in [5.41, 5.74) is 2.37. The molecule has 5 nitrogen and oxygen atoms in total. The second-order valence-corrected chi connectivity index (χ2v) is 8.51. The zero-order valence-corrected chi connectivity index (χ0v) is 15.9. The summed E-state index contributed by atoms with van der Waals surface area (Å²) < 4.78 is 63.2. The maximum Gasteiger partial charge on any atom is 0.411 e. The number of halogens is 3. The molecule has 2 aromatic rings. The number of carbonyl (C=O) groups excluding carboxylic acids is 1. The molecule has 0 saturated carbocycles. The van der Waals surface area contributed by atoms with Gasteiger partial charge in [0.25, 0.3) is 5.91 Å². The van der Waals surface area contributed by atoms with E-state index in [4.69, 9.17) is 0 Å². The van der Waals surface area contributed by atoms with Gasteiger partial charge in [-0.25, -0.2) is 8.42 Å². The SMILES string of the molecule is CS(=O)(=O)Cc1ccc(C(=O)NCc2ccc(COCC(F)(F)F)cc2)cc1. The Labute approximate surface area is 161 Å². The molecule has 0 aliphatic heterocycles. The van der Waals surface area contributed by atoms with E-state index in [9.17, 15) is 26.4 Å². The molecule has 1 N–H and O–H groups in total. The molecule has 0 saturated heterocycles. The molecule has 0 aliphatic rings. The van der Waals surface area contributed by atoms with Crippen molar-refractivity contribution in [3.05, 3.63) is 70.8 Å². The van der Waals surface area contributed by atoms with Crippen molar-refractivity contribution in [1.82, 2.24) is 5.32 Å². The summed E-state index contributed by atoms with van der Waals surface area (Å²) in [4.78, 5) is 12.2. The molecule has 0 unspecified atom stereocenters. The Hall–Kier alpha value is -2.39. The predicted molar refractivity (Wildman–Crippen MR) is 98.3 cm³/mol. The van der Waals surface area contributed by atoms with Gasteiger partial charge in [-0.3, -0.25) is 4.79 Å². The minimum Gasteiger partial charge on any atom is -0.367 e. The molecule has 152 valence electrons. The number of benzene rings is 2. The van der Waals surface area contributed by atoms with Crippen molar-refractivity contribution in [3.63, 3.8) is 0 Å². The van der Waals surface area contributed by atoms with Crippen molar-refractivity contribution in [2.24, 2.45) is 0 Å². The summed E-state index contributed by atoms with van der Waals surface area (Å²) in [6.07, 6.45) is -3.21. The third kappa shape index (κ3) is 8.10. The summed E-state index contributed by atoms with van der Waals surface area (Å²) >= 11 is 0. The number of sulfone groups is 1. The summed E-state index contributed by atoms with van der Waals surface area (Å²) in [6.45, 7) is -1.20. The van der Waals surface area contributed by atoms with Crippen LogP contribution >= 0.6 is 0 Å². The highest BCUT2D eigenvalue weighted by Gasteiger charge is 2.27. The Morgan fingerprint density at radius 3 is 2.04 bits per heavy atom. The third-order valence-corrected chi connectivity index (χ3v) is 4.51. The number of carbonyl (C=O) groups is 1. The first-order valence-electron chi connectivity index (χ1n) is 8.29. The molecule has 0 atom stereocenters. The first-order valence-corrected chi connectivity index (χ1v) is 10.3. The smallest absolute Gasteiger partial charge is 0.367 e. The van der Waals surface area contributed by atoms with E-state index in [0.717, 1.165) is 11.8 Å². The van der Waals surface area contributed by atoms with Crippen LogP contribution in [0.1, 0.15) is 27.0 Å². The second-order valence-electron chi connectivity index (χ2n) is 6.37. The molecule has 0 aromatic heterocycles. The highest BCUT2D eigenvalue weighted by Crippen LogP contribution is 2.16. The Bertz CT molecular complexity index is 892. The number of ether oxygens (including phenoxy) is 1. The Kier molecular flexibility index (Phi) is 7.20. The average molecular weight is 415 g/mol. The molecular formula is C19H20F3NO4S. The lowest BCUT2D eigenvalue weighted by atomic mass is 10.1. The highest BCUT2D eigenvalue weighted by atomic mass is 32.2. The lowest BCUT2D eigenvalue weighted by molar-refractivity contribution is -0.176. The highest BCUT2D eigenvalue weighted by molar-refractivity contribution is 7.89. The van der Waals surface area contributed by atoms with Crippen LogP contribution in [-0.4, -0.2) is 33.4 Å². The molecule has 2 rings (SSSR count). The van der Waals surface area contributed by atoms with Crippen LogP contribution in [0, 0.1) is 0 Å². The molecule has 0 fully saturated rings. The van der Waals surface area contributed by atoms with Gasteiger partial charge >= 0.3 is 6.18 Å². The van der Waals surface area contributed by atoms with Gasteiger partial charge in [0, 0.05) is 18.4 Å². The maximum atomic E-state index is 12.2. The van der Waals surface area contributed by atoms with Crippen LogP contribution in [0.5, 0.6) is 0 Å². The normalized spacial score (nSPS) is 12.0. The summed E-state index contributed by atoms with van der Waals surface area (Å²) in [6, 6.07) is 12.9. The molecule has 0 radical (unpaired) electrons. The lowest BCUT2D eigenvalue weighted by Gasteiger charge is -2.09. The van der Waals surface area contributed by atoms with Crippen molar-refractivity contribution in [2.45, 2.75) is 25.1 Å². The number of rotatable bonds is 8. The monoisotopic (exact) mass is 415 g/mol. The lowest BCUT2D eigenvalue weighted by Crippen LogP contribution is -2.22. The van der Waals surface area contributed by atoms with Crippen LogP contribution < -0.4 is 5.32 Å². The van der Waals surface area contributed by atoms with E-state index >= 15 is 0 Å². The van der Waals surface area contributed by atoms with Crippen LogP contribution in [0.25, 0.3) is 0 Å².